The third-order valence-electron chi connectivity index (χ3n) is 6.19. The zero-order valence-corrected chi connectivity index (χ0v) is 14.2. The lowest BCUT2D eigenvalue weighted by Crippen LogP contribution is -2.59. The van der Waals surface area contributed by atoms with Gasteiger partial charge in [0.1, 0.15) is 5.75 Å². The van der Waals surface area contributed by atoms with Crippen LogP contribution in [-0.4, -0.2) is 32.6 Å². The van der Waals surface area contributed by atoms with E-state index in [0.29, 0.717) is 11.5 Å². The van der Waals surface area contributed by atoms with Crippen LogP contribution in [0.15, 0.2) is 18.2 Å². The first kappa shape index (κ1) is 15.8. The number of piperidine rings is 1. The second-order valence-electron chi connectivity index (χ2n) is 7.20. The molecule has 0 spiro atoms. The Bertz CT molecular complexity index is 628. The number of rotatable bonds is 3. The molecule has 0 unspecified atom stereocenters. The van der Waals surface area contributed by atoms with Crippen molar-refractivity contribution in [3.8, 4) is 5.75 Å². The van der Waals surface area contributed by atoms with Crippen LogP contribution < -0.4 is 10.1 Å². The molecule has 1 heterocycles. The van der Waals surface area contributed by atoms with E-state index in [1.54, 1.807) is 0 Å². The van der Waals surface area contributed by atoms with Crippen LogP contribution in [0, 0.1) is 5.92 Å². The molecule has 5 heteroatoms. The van der Waals surface area contributed by atoms with E-state index in [9.17, 15) is 4.79 Å². The van der Waals surface area contributed by atoms with E-state index in [2.05, 4.69) is 22.2 Å². The summed E-state index contributed by atoms with van der Waals surface area (Å²) in [7, 11) is 1.29. The number of carbonyl (C=O) groups is 1. The van der Waals surface area contributed by atoms with Gasteiger partial charge in [-0.05, 0) is 61.4 Å². The molecule has 0 radical (unpaired) electrons. The van der Waals surface area contributed by atoms with Gasteiger partial charge in [0.2, 0.25) is 6.79 Å². The van der Waals surface area contributed by atoms with E-state index in [0.717, 1.165) is 24.6 Å². The Kier molecular flexibility index (Phi) is 4.12. The Balaban J connectivity index is 1.60. The number of ether oxygens (including phenoxy) is 3. The zero-order chi connectivity index (χ0) is 16.6. The molecule has 0 amide bonds. The largest absolute Gasteiger partial charge is 0.510 e. The van der Waals surface area contributed by atoms with Crippen molar-refractivity contribution in [2.45, 2.75) is 50.0 Å². The Hall–Kier alpha value is -1.75. The monoisotopic (exact) mass is 331 g/mol. The molecule has 1 N–H and O–H groups in total. The van der Waals surface area contributed by atoms with Gasteiger partial charge in [-0.2, -0.15) is 0 Å². The van der Waals surface area contributed by atoms with Crippen molar-refractivity contribution in [2.75, 3.05) is 20.4 Å². The van der Waals surface area contributed by atoms with E-state index < -0.39 is 6.16 Å². The van der Waals surface area contributed by atoms with E-state index in [-0.39, 0.29) is 6.79 Å². The van der Waals surface area contributed by atoms with Crippen LogP contribution >= 0.6 is 0 Å². The molecule has 1 aromatic rings. The van der Waals surface area contributed by atoms with Crippen LogP contribution in [0.4, 0.5) is 4.79 Å². The number of fused-ring (bicyclic) bond motifs is 1. The van der Waals surface area contributed by atoms with Crippen molar-refractivity contribution in [1.29, 1.82) is 0 Å². The van der Waals surface area contributed by atoms with Gasteiger partial charge in [0.25, 0.3) is 0 Å². The Morgan fingerprint density at radius 3 is 3.12 bits per heavy atom. The normalized spacial score (nSPS) is 30.7. The van der Waals surface area contributed by atoms with E-state index >= 15 is 0 Å². The van der Waals surface area contributed by atoms with Crippen LogP contribution in [0.25, 0.3) is 0 Å². The topological polar surface area (TPSA) is 56.8 Å². The van der Waals surface area contributed by atoms with Gasteiger partial charge in [0, 0.05) is 11.5 Å². The molecule has 2 aliphatic carbocycles. The number of hydrogen-bond acceptors (Lipinski definition) is 5. The molecule has 2 fully saturated rings. The van der Waals surface area contributed by atoms with Gasteiger partial charge >= 0.3 is 6.16 Å². The summed E-state index contributed by atoms with van der Waals surface area (Å²) in [5.74, 6) is 1.52. The minimum absolute atomic E-state index is 0.119. The summed E-state index contributed by atoms with van der Waals surface area (Å²) < 4.78 is 14.9. The lowest BCUT2D eigenvalue weighted by Gasteiger charge is -2.56. The predicted octanol–water partition coefficient (Wildman–Crippen LogP) is 3.15. The number of carbonyl (C=O) groups excluding carboxylic acids is 1. The highest BCUT2D eigenvalue weighted by atomic mass is 16.8. The van der Waals surface area contributed by atoms with E-state index in [1.165, 1.54) is 50.3 Å². The van der Waals surface area contributed by atoms with Crippen LogP contribution in [0.5, 0.6) is 5.75 Å². The molecule has 130 valence electrons. The molecule has 0 aromatic heterocycles. The van der Waals surface area contributed by atoms with Gasteiger partial charge < -0.3 is 19.5 Å². The second kappa shape index (κ2) is 6.28. The molecule has 24 heavy (non-hydrogen) atoms. The number of nitrogens with one attached hydrogen (secondary N) is 1. The van der Waals surface area contributed by atoms with Gasteiger partial charge in [0.05, 0.1) is 7.11 Å². The van der Waals surface area contributed by atoms with Gasteiger partial charge in [-0.25, -0.2) is 4.79 Å². The van der Waals surface area contributed by atoms with Crippen LogP contribution in [0.2, 0.25) is 0 Å². The molecule has 2 bridgehead atoms. The van der Waals surface area contributed by atoms with Gasteiger partial charge in [0.15, 0.2) is 0 Å². The first-order valence-electron chi connectivity index (χ1n) is 8.93. The average molecular weight is 331 g/mol. The number of benzene rings is 1. The van der Waals surface area contributed by atoms with Gasteiger partial charge in [-0.3, -0.25) is 0 Å². The number of hydrogen-bond donors (Lipinski definition) is 1. The Morgan fingerprint density at radius 2 is 2.25 bits per heavy atom. The van der Waals surface area contributed by atoms with Crippen molar-refractivity contribution in [2.24, 2.45) is 5.92 Å². The number of methoxy groups -OCH3 is 1. The van der Waals surface area contributed by atoms with E-state index in [1.807, 2.05) is 6.07 Å². The van der Waals surface area contributed by atoms with Crippen molar-refractivity contribution in [1.82, 2.24) is 5.32 Å². The second-order valence-corrected chi connectivity index (χ2v) is 7.20. The van der Waals surface area contributed by atoms with Crippen LogP contribution in [0.3, 0.4) is 0 Å². The molecule has 3 atom stereocenters. The summed E-state index contributed by atoms with van der Waals surface area (Å²) in [5, 5.41) is 3.75. The smallest absolute Gasteiger partial charge is 0.457 e. The lowest BCUT2D eigenvalue weighted by molar-refractivity contribution is 0.0147. The fraction of sp³-hybridized carbons (Fsp3) is 0.632. The standard InChI is InChI=1S/C19H25NO4/c1-22-18(21)24-12-23-14-6-5-13-10-17-15-4-2-3-7-19(15,8-9-20-17)16(13)11-14/h5-6,11,15,17,20H,2-4,7-10,12H2,1H3/t15-,17-,19+/m1/s1. The molecule has 4 rings (SSSR count). The summed E-state index contributed by atoms with van der Waals surface area (Å²) in [5.41, 5.74) is 3.23. The highest BCUT2D eigenvalue weighted by Crippen LogP contribution is 2.54. The summed E-state index contributed by atoms with van der Waals surface area (Å²) in [6, 6.07) is 6.99. The van der Waals surface area contributed by atoms with Crippen LogP contribution in [0.1, 0.15) is 43.2 Å². The molecule has 1 aromatic carbocycles. The fourth-order valence-corrected chi connectivity index (χ4v) is 5.20. The molecule has 3 aliphatic rings. The molecular weight excluding hydrogens is 306 g/mol. The highest BCUT2D eigenvalue weighted by molar-refractivity contribution is 5.59. The summed E-state index contributed by atoms with van der Waals surface area (Å²) in [6.07, 6.45) is 6.88. The minimum atomic E-state index is -0.722. The Morgan fingerprint density at radius 1 is 1.33 bits per heavy atom. The summed E-state index contributed by atoms with van der Waals surface area (Å²) >= 11 is 0. The first-order chi connectivity index (χ1) is 11.7. The van der Waals surface area contributed by atoms with Crippen molar-refractivity contribution >= 4 is 6.16 Å². The maximum atomic E-state index is 11.0. The van der Waals surface area contributed by atoms with E-state index in [4.69, 9.17) is 9.47 Å². The molecule has 1 saturated carbocycles. The zero-order valence-electron chi connectivity index (χ0n) is 14.2. The molecule has 1 saturated heterocycles. The third kappa shape index (κ3) is 2.55. The van der Waals surface area contributed by atoms with Crippen molar-refractivity contribution < 1.29 is 19.0 Å². The first-order valence-corrected chi connectivity index (χ1v) is 8.93. The molecule has 1 aliphatic heterocycles. The maximum absolute atomic E-state index is 11.0. The van der Waals surface area contributed by atoms with Gasteiger partial charge in [-0.1, -0.05) is 18.9 Å². The van der Waals surface area contributed by atoms with Crippen molar-refractivity contribution in [3.05, 3.63) is 29.3 Å². The van der Waals surface area contributed by atoms with Gasteiger partial charge in [-0.15, -0.1) is 0 Å². The summed E-state index contributed by atoms with van der Waals surface area (Å²) in [6.45, 7) is 0.989. The molecular formula is C19H25NO4. The third-order valence-corrected chi connectivity index (χ3v) is 6.19. The fourth-order valence-electron chi connectivity index (χ4n) is 5.20. The minimum Gasteiger partial charge on any atom is -0.457 e. The SMILES string of the molecule is COC(=O)OCOc1ccc2c(c1)[C@]13CCCC[C@@H]1[C@@H](C2)NCC3. The summed E-state index contributed by atoms with van der Waals surface area (Å²) in [4.78, 5) is 11.0. The van der Waals surface area contributed by atoms with Crippen LogP contribution in [-0.2, 0) is 21.3 Å². The molecule has 5 nitrogen and oxygen atoms in total. The lowest BCUT2D eigenvalue weighted by atomic mass is 9.53. The quantitative estimate of drug-likeness (QED) is 0.681. The predicted molar refractivity (Wildman–Crippen MR) is 89.2 cm³/mol. The maximum Gasteiger partial charge on any atom is 0.510 e. The highest BCUT2D eigenvalue weighted by Gasteiger charge is 2.51. The van der Waals surface area contributed by atoms with Crippen molar-refractivity contribution in [3.63, 3.8) is 0 Å². The average Bonchev–Trinajstić information content (AvgIpc) is 2.62. The Labute approximate surface area is 142 Å².